The van der Waals surface area contributed by atoms with Crippen LogP contribution < -0.4 is 16.2 Å². The van der Waals surface area contributed by atoms with Crippen LogP contribution in [0.1, 0.15) is 19.3 Å². The summed E-state index contributed by atoms with van der Waals surface area (Å²) in [6.45, 7) is 1.02. The number of fused-ring (bicyclic) bond motifs is 1. The van der Waals surface area contributed by atoms with Crippen molar-refractivity contribution >= 4 is 22.8 Å². The smallest absolute Gasteiger partial charge is 0.241 e. The number of aromatic nitrogens is 4. The van der Waals surface area contributed by atoms with E-state index in [1.54, 1.807) is 6.20 Å². The molecule has 0 aliphatic heterocycles. The predicted octanol–water partition coefficient (Wildman–Crippen LogP) is 0.875. The first-order chi connectivity index (χ1) is 8.78. The fourth-order valence-electron chi connectivity index (χ4n) is 2.32. The summed E-state index contributed by atoms with van der Waals surface area (Å²) in [7, 11) is 2.05. The predicted molar refractivity (Wildman–Crippen MR) is 70.1 cm³/mol. The Kier molecular flexibility index (Phi) is 2.75. The number of nitrogens with zero attached hydrogens (tertiary/aromatic N) is 4. The van der Waals surface area contributed by atoms with Gasteiger partial charge in [-0.3, -0.25) is 10.5 Å². The first-order valence-electron chi connectivity index (χ1n) is 6.17. The molecule has 2 heterocycles. The number of nitrogens with one attached hydrogen (secondary N) is 2. The minimum Gasteiger partial charge on any atom is -0.359 e. The molecule has 2 aromatic heterocycles. The quantitative estimate of drug-likeness (QED) is 0.548. The van der Waals surface area contributed by atoms with Gasteiger partial charge in [0.15, 0.2) is 5.65 Å². The van der Waals surface area contributed by atoms with E-state index in [1.807, 2.05) is 7.05 Å². The third-order valence-corrected chi connectivity index (χ3v) is 3.54. The number of anilines is 2. The normalized spacial score (nSPS) is 15.7. The number of nitrogen functional groups attached to an aromatic ring is 1. The molecule has 1 saturated carbocycles. The van der Waals surface area contributed by atoms with Gasteiger partial charge in [0.1, 0.15) is 5.82 Å². The van der Waals surface area contributed by atoms with Crippen LogP contribution in [-0.2, 0) is 0 Å². The molecule has 7 heteroatoms. The van der Waals surface area contributed by atoms with Crippen molar-refractivity contribution < 1.29 is 0 Å². The highest BCUT2D eigenvalue weighted by molar-refractivity contribution is 5.87. The average molecular weight is 247 g/mol. The minimum absolute atomic E-state index is 0.405. The molecular weight excluding hydrogens is 230 g/mol. The molecular formula is C11H17N7. The molecule has 1 aliphatic carbocycles. The molecule has 4 N–H and O–H groups in total. The molecule has 0 bridgehead atoms. The van der Waals surface area contributed by atoms with Gasteiger partial charge < -0.3 is 4.90 Å². The summed E-state index contributed by atoms with van der Waals surface area (Å²) in [4.78, 5) is 10.8. The first kappa shape index (κ1) is 11.2. The number of nitrogens with two attached hydrogens (primary N) is 1. The highest BCUT2D eigenvalue weighted by Crippen LogP contribution is 2.30. The molecule has 3 rings (SSSR count). The zero-order valence-corrected chi connectivity index (χ0v) is 10.3. The maximum absolute atomic E-state index is 5.39. The topological polar surface area (TPSA) is 95.8 Å². The molecule has 18 heavy (non-hydrogen) atoms. The van der Waals surface area contributed by atoms with Gasteiger partial charge in [0.2, 0.25) is 5.95 Å². The number of aromatic amines is 1. The summed E-state index contributed by atoms with van der Waals surface area (Å²) >= 11 is 0. The molecule has 0 saturated heterocycles. The monoisotopic (exact) mass is 247 g/mol. The molecule has 0 radical (unpaired) electrons. The van der Waals surface area contributed by atoms with Crippen LogP contribution in [0.15, 0.2) is 6.20 Å². The van der Waals surface area contributed by atoms with Crippen LogP contribution in [0.5, 0.6) is 0 Å². The molecule has 0 aromatic carbocycles. The van der Waals surface area contributed by atoms with E-state index >= 15 is 0 Å². The number of hydrazine groups is 1. The molecule has 96 valence electrons. The standard InChI is InChI=1S/C11H17N7/c1-18(6-7-3-2-4-7)10-8-5-13-17-9(8)14-11(15-10)16-12/h5,7H,2-4,6,12H2,1H3,(H2,13,14,15,16,17). The van der Waals surface area contributed by atoms with Crippen LogP contribution in [0.2, 0.25) is 0 Å². The summed E-state index contributed by atoms with van der Waals surface area (Å²) in [5.41, 5.74) is 3.19. The Morgan fingerprint density at radius 3 is 3.00 bits per heavy atom. The highest BCUT2D eigenvalue weighted by atomic mass is 15.3. The zero-order valence-electron chi connectivity index (χ0n) is 10.3. The van der Waals surface area contributed by atoms with E-state index in [0.717, 1.165) is 23.7 Å². The second-order valence-electron chi connectivity index (χ2n) is 4.82. The van der Waals surface area contributed by atoms with Gasteiger partial charge in [-0.1, -0.05) is 6.42 Å². The Bertz CT molecular complexity index is 545. The van der Waals surface area contributed by atoms with Gasteiger partial charge >= 0.3 is 0 Å². The number of H-pyrrole nitrogens is 1. The summed E-state index contributed by atoms with van der Waals surface area (Å²) in [6.07, 6.45) is 5.72. The lowest BCUT2D eigenvalue weighted by atomic mass is 9.85. The van der Waals surface area contributed by atoms with E-state index in [0.29, 0.717) is 11.6 Å². The fourth-order valence-corrected chi connectivity index (χ4v) is 2.32. The molecule has 1 fully saturated rings. The maximum Gasteiger partial charge on any atom is 0.241 e. The van der Waals surface area contributed by atoms with E-state index in [9.17, 15) is 0 Å². The van der Waals surface area contributed by atoms with E-state index in [2.05, 4.69) is 30.5 Å². The average Bonchev–Trinajstić information content (AvgIpc) is 2.80. The van der Waals surface area contributed by atoms with E-state index in [4.69, 9.17) is 5.84 Å². The van der Waals surface area contributed by atoms with Crippen LogP contribution in [-0.4, -0.2) is 33.8 Å². The lowest BCUT2D eigenvalue weighted by Crippen LogP contribution is -2.30. The summed E-state index contributed by atoms with van der Waals surface area (Å²) in [6, 6.07) is 0. The van der Waals surface area contributed by atoms with E-state index in [-0.39, 0.29) is 0 Å². The highest BCUT2D eigenvalue weighted by Gasteiger charge is 2.21. The Morgan fingerprint density at radius 2 is 2.33 bits per heavy atom. The lowest BCUT2D eigenvalue weighted by Gasteiger charge is -2.30. The van der Waals surface area contributed by atoms with Crippen LogP contribution in [0.25, 0.3) is 11.0 Å². The third-order valence-electron chi connectivity index (χ3n) is 3.54. The van der Waals surface area contributed by atoms with Gasteiger partial charge in [0.25, 0.3) is 0 Å². The molecule has 0 amide bonds. The SMILES string of the molecule is CN(CC1CCC1)c1nc(NN)nc2[nH]ncc12. The van der Waals surface area contributed by atoms with Crippen molar-refractivity contribution in [2.24, 2.45) is 11.8 Å². The van der Waals surface area contributed by atoms with E-state index < -0.39 is 0 Å². The molecule has 0 unspecified atom stereocenters. The van der Waals surface area contributed by atoms with Gasteiger partial charge in [-0.05, 0) is 18.8 Å². The van der Waals surface area contributed by atoms with Gasteiger partial charge in [0.05, 0.1) is 11.6 Å². The third kappa shape index (κ3) is 1.86. The van der Waals surface area contributed by atoms with Crippen LogP contribution in [0.4, 0.5) is 11.8 Å². The van der Waals surface area contributed by atoms with Crippen molar-refractivity contribution in [1.29, 1.82) is 0 Å². The van der Waals surface area contributed by atoms with Crippen molar-refractivity contribution in [2.45, 2.75) is 19.3 Å². The largest absolute Gasteiger partial charge is 0.359 e. The van der Waals surface area contributed by atoms with Gasteiger partial charge in [-0.2, -0.15) is 15.1 Å². The van der Waals surface area contributed by atoms with E-state index in [1.165, 1.54) is 19.3 Å². The summed E-state index contributed by atoms with van der Waals surface area (Å²) < 4.78 is 0. The molecule has 1 aliphatic rings. The Hall–Kier alpha value is -1.89. The molecule has 2 aromatic rings. The second kappa shape index (κ2) is 4.41. The number of hydrogen-bond acceptors (Lipinski definition) is 6. The lowest BCUT2D eigenvalue weighted by molar-refractivity contribution is 0.321. The Balaban J connectivity index is 1.94. The van der Waals surface area contributed by atoms with Crippen molar-refractivity contribution in [3.63, 3.8) is 0 Å². The second-order valence-corrected chi connectivity index (χ2v) is 4.82. The van der Waals surface area contributed by atoms with Crippen LogP contribution >= 0.6 is 0 Å². The van der Waals surface area contributed by atoms with Gasteiger partial charge in [0, 0.05) is 13.6 Å². The summed E-state index contributed by atoms with van der Waals surface area (Å²) in [5.74, 6) is 7.44. The van der Waals surface area contributed by atoms with Crippen molar-refractivity contribution in [3.8, 4) is 0 Å². The zero-order chi connectivity index (χ0) is 12.5. The molecule has 0 spiro atoms. The van der Waals surface area contributed by atoms with Crippen LogP contribution in [0.3, 0.4) is 0 Å². The Labute approximate surface area is 105 Å². The first-order valence-corrected chi connectivity index (χ1v) is 6.17. The van der Waals surface area contributed by atoms with Gasteiger partial charge in [-0.25, -0.2) is 5.84 Å². The van der Waals surface area contributed by atoms with Crippen molar-refractivity contribution in [3.05, 3.63) is 6.20 Å². The van der Waals surface area contributed by atoms with Crippen molar-refractivity contribution in [2.75, 3.05) is 23.9 Å². The fraction of sp³-hybridized carbons (Fsp3) is 0.545. The summed E-state index contributed by atoms with van der Waals surface area (Å²) in [5, 5.41) is 7.78. The minimum atomic E-state index is 0.405. The number of rotatable bonds is 4. The molecule has 7 nitrogen and oxygen atoms in total. The van der Waals surface area contributed by atoms with Gasteiger partial charge in [-0.15, -0.1) is 0 Å². The molecule has 0 atom stereocenters. The van der Waals surface area contributed by atoms with Crippen molar-refractivity contribution in [1.82, 2.24) is 20.2 Å². The number of hydrogen-bond donors (Lipinski definition) is 3. The van der Waals surface area contributed by atoms with Crippen LogP contribution in [0, 0.1) is 5.92 Å². The maximum atomic E-state index is 5.39. The Morgan fingerprint density at radius 1 is 1.50 bits per heavy atom.